The molecule has 0 aromatic heterocycles. The fourth-order valence-electron chi connectivity index (χ4n) is 2.13. The van der Waals surface area contributed by atoms with E-state index >= 15 is 0 Å². The molecule has 0 heterocycles. The highest BCUT2D eigenvalue weighted by molar-refractivity contribution is 9.10. The summed E-state index contributed by atoms with van der Waals surface area (Å²) in [6.07, 6.45) is 1.43. The maximum absolute atomic E-state index is 11.3. The summed E-state index contributed by atoms with van der Waals surface area (Å²) in [4.78, 5) is 11.3. The first-order valence-electron chi connectivity index (χ1n) is 7.31. The van der Waals surface area contributed by atoms with Gasteiger partial charge < -0.3 is 10.5 Å². The van der Waals surface area contributed by atoms with Gasteiger partial charge in [-0.3, -0.25) is 4.79 Å². The van der Waals surface area contributed by atoms with Gasteiger partial charge in [-0.25, -0.2) is 0 Å². The fourth-order valence-corrected chi connectivity index (χ4v) is 2.51. The standard InChI is InChI=1S/C19H17BrN2O2/c1-12-3-4-14(7-13(12)2)11-24-18-6-5-17(20)9-15(18)8-16(10-21)19(22)23/h3-9H,11H2,1-2H3,(H2,22,23)/b16-8+. The van der Waals surface area contributed by atoms with E-state index in [1.807, 2.05) is 12.1 Å². The number of benzene rings is 2. The number of rotatable bonds is 5. The van der Waals surface area contributed by atoms with Crippen LogP contribution in [0.25, 0.3) is 6.08 Å². The molecule has 122 valence electrons. The molecule has 0 spiro atoms. The molecule has 0 bridgehead atoms. The van der Waals surface area contributed by atoms with Crippen molar-refractivity contribution in [2.24, 2.45) is 5.73 Å². The molecule has 4 nitrogen and oxygen atoms in total. The monoisotopic (exact) mass is 384 g/mol. The molecule has 0 saturated carbocycles. The van der Waals surface area contributed by atoms with Gasteiger partial charge in [0.05, 0.1) is 0 Å². The van der Waals surface area contributed by atoms with Crippen molar-refractivity contribution in [2.45, 2.75) is 20.5 Å². The van der Waals surface area contributed by atoms with E-state index in [1.165, 1.54) is 17.2 Å². The SMILES string of the molecule is Cc1ccc(COc2ccc(Br)cc2/C=C(\C#N)C(N)=O)cc1C. The average molecular weight is 385 g/mol. The Balaban J connectivity index is 2.29. The van der Waals surface area contributed by atoms with Gasteiger partial charge in [-0.2, -0.15) is 5.26 Å². The summed E-state index contributed by atoms with van der Waals surface area (Å²) in [5, 5.41) is 9.01. The number of nitrogens with zero attached hydrogens (tertiary/aromatic N) is 1. The van der Waals surface area contributed by atoms with Crippen LogP contribution in [0.3, 0.4) is 0 Å². The average Bonchev–Trinajstić information content (AvgIpc) is 2.54. The predicted octanol–water partition coefficient (Wildman–Crippen LogP) is 4.04. The van der Waals surface area contributed by atoms with Gasteiger partial charge in [-0.05, 0) is 54.8 Å². The first-order valence-corrected chi connectivity index (χ1v) is 8.10. The Labute approximate surface area is 149 Å². The van der Waals surface area contributed by atoms with E-state index in [1.54, 1.807) is 18.2 Å². The zero-order valence-corrected chi connectivity index (χ0v) is 15.1. The molecule has 0 fully saturated rings. The van der Waals surface area contributed by atoms with Crippen molar-refractivity contribution >= 4 is 27.9 Å². The van der Waals surface area contributed by atoms with Crippen LogP contribution in [0.15, 0.2) is 46.4 Å². The minimum atomic E-state index is -0.766. The lowest BCUT2D eigenvalue weighted by Crippen LogP contribution is -2.12. The molecular weight excluding hydrogens is 368 g/mol. The summed E-state index contributed by atoms with van der Waals surface area (Å²) in [6, 6.07) is 13.3. The molecule has 0 saturated heterocycles. The Bertz CT molecular complexity index is 851. The van der Waals surface area contributed by atoms with Crippen molar-refractivity contribution in [3.8, 4) is 11.8 Å². The molecule has 2 N–H and O–H groups in total. The maximum atomic E-state index is 11.3. The smallest absolute Gasteiger partial charge is 0.259 e. The van der Waals surface area contributed by atoms with Crippen LogP contribution in [0.1, 0.15) is 22.3 Å². The van der Waals surface area contributed by atoms with Gasteiger partial charge in [0.2, 0.25) is 0 Å². The highest BCUT2D eigenvalue weighted by Crippen LogP contribution is 2.26. The number of nitriles is 1. The van der Waals surface area contributed by atoms with E-state index in [0.29, 0.717) is 17.9 Å². The maximum Gasteiger partial charge on any atom is 0.259 e. The second-order valence-corrected chi connectivity index (χ2v) is 6.34. The number of hydrogen-bond acceptors (Lipinski definition) is 3. The van der Waals surface area contributed by atoms with Gasteiger partial charge in [0.25, 0.3) is 5.91 Å². The van der Waals surface area contributed by atoms with Crippen LogP contribution in [0.4, 0.5) is 0 Å². The number of carbonyl (C=O) groups is 1. The Morgan fingerprint density at radius 3 is 2.62 bits per heavy atom. The lowest BCUT2D eigenvalue weighted by molar-refractivity contribution is -0.114. The zero-order valence-electron chi connectivity index (χ0n) is 13.5. The highest BCUT2D eigenvalue weighted by atomic mass is 79.9. The molecule has 5 heteroatoms. The number of halogens is 1. The van der Waals surface area contributed by atoms with Crippen LogP contribution >= 0.6 is 15.9 Å². The lowest BCUT2D eigenvalue weighted by Gasteiger charge is -2.11. The second kappa shape index (κ2) is 7.80. The van der Waals surface area contributed by atoms with Crippen molar-refractivity contribution in [3.05, 3.63) is 68.7 Å². The van der Waals surface area contributed by atoms with Crippen molar-refractivity contribution in [2.75, 3.05) is 0 Å². The van der Waals surface area contributed by atoms with Gasteiger partial charge >= 0.3 is 0 Å². The molecule has 0 aliphatic heterocycles. The third-order valence-electron chi connectivity index (χ3n) is 3.62. The normalized spacial score (nSPS) is 11.0. The summed E-state index contributed by atoms with van der Waals surface area (Å²) in [5.74, 6) is -0.192. The van der Waals surface area contributed by atoms with Gasteiger partial charge in [0.1, 0.15) is 24.0 Å². The first kappa shape index (κ1) is 17.8. The van der Waals surface area contributed by atoms with Gasteiger partial charge in [-0.15, -0.1) is 0 Å². The summed E-state index contributed by atoms with van der Waals surface area (Å²) >= 11 is 3.37. The van der Waals surface area contributed by atoms with Crippen LogP contribution < -0.4 is 10.5 Å². The summed E-state index contributed by atoms with van der Waals surface area (Å²) in [6.45, 7) is 4.51. The van der Waals surface area contributed by atoms with Gasteiger partial charge in [0.15, 0.2) is 0 Å². The molecule has 2 aromatic carbocycles. The van der Waals surface area contributed by atoms with E-state index in [9.17, 15) is 4.79 Å². The first-order chi connectivity index (χ1) is 11.4. The number of ether oxygens (including phenoxy) is 1. The van der Waals surface area contributed by atoms with Crippen LogP contribution in [0.2, 0.25) is 0 Å². The molecule has 0 aliphatic rings. The number of carbonyl (C=O) groups excluding carboxylic acids is 1. The summed E-state index contributed by atoms with van der Waals surface area (Å²) in [7, 11) is 0. The van der Waals surface area contributed by atoms with Gasteiger partial charge in [-0.1, -0.05) is 34.1 Å². The molecule has 0 unspecified atom stereocenters. The molecule has 2 aromatic rings. The summed E-state index contributed by atoms with van der Waals surface area (Å²) < 4.78 is 6.69. The fraction of sp³-hybridized carbons (Fsp3) is 0.158. The number of hydrogen-bond donors (Lipinski definition) is 1. The molecule has 0 atom stereocenters. The van der Waals surface area contributed by atoms with E-state index in [0.717, 1.165) is 10.0 Å². The quantitative estimate of drug-likeness (QED) is 0.624. The van der Waals surface area contributed by atoms with E-state index in [4.69, 9.17) is 15.7 Å². The van der Waals surface area contributed by atoms with Gasteiger partial charge in [0, 0.05) is 10.0 Å². The van der Waals surface area contributed by atoms with Crippen molar-refractivity contribution < 1.29 is 9.53 Å². The Morgan fingerprint density at radius 1 is 1.25 bits per heavy atom. The van der Waals surface area contributed by atoms with Crippen molar-refractivity contribution in [1.82, 2.24) is 0 Å². The number of aryl methyl sites for hydroxylation is 2. The number of amides is 1. The van der Waals surface area contributed by atoms with E-state index in [2.05, 4.69) is 41.9 Å². The van der Waals surface area contributed by atoms with Crippen molar-refractivity contribution in [3.63, 3.8) is 0 Å². The number of nitrogens with two attached hydrogens (primary N) is 1. The van der Waals surface area contributed by atoms with Crippen LogP contribution in [-0.2, 0) is 11.4 Å². The molecule has 24 heavy (non-hydrogen) atoms. The van der Waals surface area contributed by atoms with Crippen molar-refractivity contribution in [1.29, 1.82) is 5.26 Å². The number of primary amides is 1. The van der Waals surface area contributed by atoms with Crippen LogP contribution in [0.5, 0.6) is 5.75 Å². The van der Waals surface area contributed by atoms with Crippen LogP contribution in [0, 0.1) is 25.2 Å². The third kappa shape index (κ3) is 4.46. The molecule has 1 amide bonds. The van der Waals surface area contributed by atoms with E-state index in [-0.39, 0.29) is 5.57 Å². The second-order valence-electron chi connectivity index (χ2n) is 5.42. The predicted molar refractivity (Wildman–Crippen MR) is 97.2 cm³/mol. The third-order valence-corrected chi connectivity index (χ3v) is 4.12. The zero-order chi connectivity index (χ0) is 17.7. The van der Waals surface area contributed by atoms with E-state index < -0.39 is 5.91 Å². The van der Waals surface area contributed by atoms with Crippen LogP contribution in [-0.4, -0.2) is 5.91 Å². The minimum Gasteiger partial charge on any atom is -0.488 e. The Morgan fingerprint density at radius 2 is 2.00 bits per heavy atom. The Hall–Kier alpha value is -2.58. The molecule has 0 radical (unpaired) electrons. The lowest BCUT2D eigenvalue weighted by atomic mass is 10.1. The molecule has 2 rings (SSSR count). The summed E-state index contributed by atoms with van der Waals surface area (Å²) in [5.41, 5.74) is 9.17. The largest absolute Gasteiger partial charge is 0.488 e. The topological polar surface area (TPSA) is 76.1 Å². The molecule has 0 aliphatic carbocycles. The molecular formula is C19H17BrN2O2. The minimum absolute atomic E-state index is 0.121. The Kier molecular flexibility index (Phi) is 5.78. The highest BCUT2D eigenvalue weighted by Gasteiger charge is 2.09.